The Morgan fingerprint density at radius 1 is 1.13 bits per heavy atom. The summed E-state index contributed by atoms with van der Waals surface area (Å²) in [5.74, 6) is 0.171. The van der Waals surface area contributed by atoms with Crippen molar-refractivity contribution in [2.75, 3.05) is 12.3 Å². The Labute approximate surface area is 169 Å². The zero-order chi connectivity index (χ0) is 21.1. The highest BCUT2D eigenvalue weighted by molar-refractivity contribution is 7.52. The third-order valence-corrected chi connectivity index (χ3v) is 6.48. The number of ether oxygens (including phenoxy) is 3. The molecule has 5 N–H and O–H groups in total. The van der Waals surface area contributed by atoms with Crippen molar-refractivity contribution in [1.29, 1.82) is 0 Å². The second kappa shape index (κ2) is 6.79. The van der Waals surface area contributed by atoms with Crippen LogP contribution in [0.15, 0.2) is 43.0 Å². The molecule has 12 nitrogen and oxygen atoms in total. The molecule has 0 spiro atoms. The van der Waals surface area contributed by atoms with Crippen molar-refractivity contribution in [3.05, 3.63) is 48.5 Å². The van der Waals surface area contributed by atoms with Crippen LogP contribution in [-0.2, 0) is 24.3 Å². The average Bonchev–Trinajstić information content (AvgIpc) is 3.40. The van der Waals surface area contributed by atoms with Crippen molar-refractivity contribution in [2.24, 2.45) is 0 Å². The molecule has 0 radical (unpaired) electrons. The van der Waals surface area contributed by atoms with Crippen molar-refractivity contribution in [3.8, 4) is 0 Å². The second-order valence-electron chi connectivity index (χ2n) is 6.99. The lowest BCUT2D eigenvalue weighted by Gasteiger charge is -2.31. The van der Waals surface area contributed by atoms with E-state index in [4.69, 9.17) is 19.9 Å². The van der Waals surface area contributed by atoms with Gasteiger partial charge in [0.15, 0.2) is 17.7 Å². The fourth-order valence-electron chi connectivity index (χ4n) is 3.89. The van der Waals surface area contributed by atoms with Crippen molar-refractivity contribution in [1.82, 2.24) is 19.5 Å². The summed E-state index contributed by atoms with van der Waals surface area (Å²) in [6.45, 7) is -0.448. The summed E-state index contributed by atoms with van der Waals surface area (Å²) in [7, 11) is -4.97. The molecular weight excluding hydrogens is 417 g/mol. The van der Waals surface area contributed by atoms with E-state index in [0.29, 0.717) is 11.2 Å². The van der Waals surface area contributed by atoms with E-state index in [9.17, 15) is 19.5 Å². The van der Waals surface area contributed by atoms with E-state index in [1.54, 1.807) is 18.2 Å². The molecule has 3 aromatic rings. The maximum absolute atomic E-state index is 12.5. The number of aromatic nitrogens is 4. The smallest absolute Gasteiger partial charge is 0.389 e. The Balaban J connectivity index is 1.61. The SMILES string of the molecule is Nc1ncnc2c1ncn2[C@@H]1O[C@H](CO)[C@H]2OC(c3ccccc3)(P(=O)(O)O)O[C@H]21. The molecular formula is C17H18N5O7P. The van der Waals surface area contributed by atoms with Crippen LogP contribution in [0.4, 0.5) is 5.82 Å². The molecule has 2 aromatic heterocycles. The lowest BCUT2D eigenvalue weighted by Crippen LogP contribution is -2.33. The Hall–Kier alpha value is -2.44. The first-order chi connectivity index (χ1) is 14.4. The van der Waals surface area contributed by atoms with Crippen molar-refractivity contribution in [3.63, 3.8) is 0 Å². The molecule has 2 fully saturated rings. The molecule has 30 heavy (non-hydrogen) atoms. The average molecular weight is 435 g/mol. The number of anilines is 1. The van der Waals surface area contributed by atoms with Gasteiger partial charge in [-0.2, -0.15) is 0 Å². The number of aliphatic hydroxyl groups is 1. The molecule has 13 heteroatoms. The molecule has 1 unspecified atom stereocenters. The molecule has 2 aliphatic rings. The monoisotopic (exact) mass is 435 g/mol. The van der Waals surface area contributed by atoms with Gasteiger partial charge < -0.3 is 34.8 Å². The molecule has 0 bridgehead atoms. The molecule has 0 aliphatic carbocycles. The number of aliphatic hydroxyl groups excluding tert-OH is 1. The first-order valence-corrected chi connectivity index (χ1v) is 10.6. The van der Waals surface area contributed by atoms with Crippen LogP contribution in [0.1, 0.15) is 11.8 Å². The minimum Gasteiger partial charge on any atom is -0.394 e. The third-order valence-electron chi connectivity index (χ3n) is 5.24. The number of benzene rings is 1. The predicted octanol–water partition coefficient (Wildman–Crippen LogP) is 0.0704. The second-order valence-corrected chi connectivity index (χ2v) is 8.66. The number of fused-ring (bicyclic) bond motifs is 2. The van der Waals surface area contributed by atoms with E-state index in [1.165, 1.54) is 29.4 Å². The third kappa shape index (κ3) is 2.70. The van der Waals surface area contributed by atoms with Gasteiger partial charge in [-0.25, -0.2) is 15.0 Å². The van der Waals surface area contributed by atoms with Gasteiger partial charge in [0.2, 0.25) is 0 Å². The number of hydrogen-bond donors (Lipinski definition) is 4. The van der Waals surface area contributed by atoms with Crippen LogP contribution in [0.25, 0.3) is 11.2 Å². The number of nitrogens with two attached hydrogens (primary N) is 1. The lowest BCUT2D eigenvalue weighted by molar-refractivity contribution is -0.188. The van der Waals surface area contributed by atoms with E-state index in [0.717, 1.165) is 0 Å². The van der Waals surface area contributed by atoms with Gasteiger partial charge >= 0.3 is 13.1 Å². The van der Waals surface area contributed by atoms with Crippen LogP contribution in [-0.4, -0.2) is 59.3 Å². The Kier molecular flexibility index (Phi) is 4.42. The number of imidazole rings is 1. The topological polar surface area (TPSA) is 175 Å². The van der Waals surface area contributed by atoms with Gasteiger partial charge in [0.05, 0.1) is 12.9 Å². The molecule has 1 aromatic carbocycles. The summed E-state index contributed by atoms with van der Waals surface area (Å²) < 4.78 is 31.7. The summed E-state index contributed by atoms with van der Waals surface area (Å²) >= 11 is 0. The van der Waals surface area contributed by atoms with Crippen LogP contribution in [0, 0.1) is 0 Å². The minimum absolute atomic E-state index is 0.158. The number of rotatable bonds is 4. The quantitative estimate of drug-likeness (QED) is 0.408. The zero-order valence-electron chi connectivity index (χ0n) is 15.3. The largest absolute Gasteiger partial charge is 0.394 e. The first kappa shape index (κ1) is 19.5. The minimum atomic E-state index is -4.97. The Morgan fingerprint density at radius 3 is 2.57 bits per heavy atom. The van der Waals surface area contributed by atoms with Gasteiger partial charge in [-0.3, -0.25) is 9.13 Å². The fraction of sp³-hybridized carbons (Fsp3) is 0.353. The standard InChI is InChI=1S/C17H18N5O7P/c18-14-11-15(20-7-19-14)22(8-21-11)16-13-12(10(6-23)27-16)28-17(29-13,30(24,25)26)9-4-2-1-3-5-9/h1-5,7-8,10,12-13,16,23H,6H2,(H2,18,19,20)(H2,24,25,26)/t10-,12-,13-,16-,17?/m1/s1. The normalized spacial score (nSPS) is 31.3. The molecule has 0 saturated carbocycles. The van der Waals surface area contributed by atoms with E-state index in [-0.39, 0.29) is 11.4 Å². The molecule has 158 valence electrons. The van der Waals surface area contributed by atoms with Crippen molar-refractivity contribution in [2.45, 2.75) is 30.1 Å². The summed E-state index contributed by atoms with van der Waals surface area (Å²) in [6, 6.07) is 7.95. The van der Waals surface area contributed by atoms with Crippen LogP contribution in [0.3, 0.4) is 0 Å². The van der Waals surface area contributed by atoms with E-state index in [2.05, 4.69) is 15.0 Å². The van der Waals surface area contributed by atoms with Gasteiger partial charge in [-0.15, -0.1) is 0 Å². The van der Waals surface area contributed by atoms with Crippen molar-refractivity contribution < 1.29 is 33.7 Å². The van der Waals surface area contributed by atoms with E-state index in [1.807, 2.05) is 0 Å². The van der Waals surface area contributed by atoms with Crippen LogP contribution in [0.2, 0.25) is 0 Å². The summed E-state index contributed by atoms with van der Waals surface area (Å²) in [5, 5.41) is 9.80. The first-order valence-electron chi connectivity index (χ1n) is 9.02. The molecule has 2 aliphatic heterocycles. The highest BCUT2D eigenvalue weighted by atomic mass is 31.2. The maximum atomic E-state index is 12.5. The summed E-state index contributed by atoms with van der Waals surface area (Å²) in [5.41, 5.74) is 4.36. The van der Waals surface area contributed by atoms with Crippen molar-refractivity contribution >= 4 is 24.6 Å². The molecule has 4 heterocycles. The number of nitrogen functional groups attached to an aromatic ring is 1. The molecule has 0 amide bonds. The predicted molar refractivity (Wildman–Crippen MR) is 101 cm³/mol. The maximum Gasteiger partial charge on any atom is 0.389 e. The Morgan fingerprint density at radius 2 is 1.87 bits per heavy atom. The number of nitrogens with zero attached hydrogens (tertiary/aromatic N) is 4. The molecule has 2 saturated heterocycles. The van der Waals surface area contributed by atoms with Gasteiger partial charge in [0, 0.05) is 5.56 Å². The number of hydrogen-bond acceptors (Lipinski definition) is 9. The van der Waals surface area contributed by atoms with Gasteiger partial charge in [0.1, 0.15) is 30.2 Å². The fourth-order valence-corrected chi connectivity index (χ4v) is 4.89. The molecule has 5 atom stereocenters. The summed E-state index contributed by atoms with van der Waals surface area (Å²) in [6.07, 6.45) is -1.06. The van der Waals surface area contributed by atoms with E-state index < -0.39 is 44.3 Å². The van der Waals surface area contributed by atoms with Crippen LogP contribution in [0.5, 0.6) is 0 Å². The Bertz CT molecular complexity index is 1140. The highest BCUT2D eigenvalue weighted by Crippen LogP contribution is 2.64. The van der Waals surface area contributed by atoms with Crippen LogP contribution >= 0.6 is 7.60 Å². The highest BCUT2D eigenvalue weighted by Gasteiger charge is 2.66. The lowest BCUT2D eigenvalue weighted by atomic mass is 10.1. The zero-order valence-corrected chi connectivity index (χ0v) is 16.2. The van der Waals surface area contributed by atoms with Gasteiger partial charge in [-0.1, -0.05) is 30.3 Å². The van der Waals surface area contributed by atoms with E-state index >= 15 is 0 Å². The molecule has 5 rings (SSSR count). The van der Waals surface area contributed by atoms with Gasteiger partial charge in [0.25, 0.3) is 0 Å². The van der Waals surface area contributed by atoms with Gasteiger partial charge in [-0.05, 0) is 0 Å². The van der Waals surface area contributed by atoms with Crippen LogP contribution < -0.4 is 5.73 Å². The summed E-state index contributed by atoms with van der Waals surface area (Å²) in [4.78, 5) is 32.6.